The van der Waals surface area contributed by atoms with Gasteiger partial charge in [0.25, 0.3) is 0 Å². The summed E-state index contributed by atoms with van der Waals surface area (Å²) in [6.07, 6.45) is 0. The van der Waals surface area contributed by atoms with Crippen molar-refractivity contribution in [2.75, 3.05) is 0 Å². The van der Waals surface area contributed by atoms with Gasteiger partial charge in [0.1, 0.15) is 0 Å². The van der Waals surface area contributed by atoms with Crippen LogP contribution in [0.3, 0.4) is 0 Å². The summed E-state index contributed by atoms with van der Waals surface area (Å²) in [5.41, 5.74) is 0. The lowest BCUT2D eigenvalue weighted by Crippen LogP contribution is -1.85. The van der Waals surface area contributed by atoms with Gasteiger partial charge in [-0.05, 0) is 0 Å². The molecule has 0 bridgehead atoms. The summed E-state index contributed by atoms with van der Waals surface area (Å²) in [6.45, 7) is 1.83. The van der Waals surface area contributed by atoms with Gasteiger partial charge in [0.2, 0.25) is 13.4 Å². The van der Waals surface area contributed by atoms with Crippen LogP contribution in [-0.4, -0.2) is 13.4 Å². The molecule has 0 aromatic heterocycles. The first-order valence-corrected chi connectivity index (χ1v) is 6.93. The summed E-state index contributed by atoms with van der Waals surface area (Å²) in [4.78, 5) is 0. The molecule has 0 spiro atoms. The summed E-state index contributed by atoms with van der Waals surface area (Å²) >= 11 is 0. The molecule has 24 valence electrons. The maximum Gasteiger partial charge on any atom is 0.211 e. The van der Waals surface area contributed by atoms with Gasteiger partial charge in [-0.2, -0.15) is 0 Å². The van der Waals surface area contributed by atoms with Gasteiger partial charge < -0.3 is 0 Å². The summed E-state index contributed by atoms with van der Waals surface area (Å²) in [7, 11) is 2.50. The fraction of sp³-hybridized carbons (Fsp3) is 0. The average molecular weight is 91.6 g/mol. The minimum Gasteiger partial charge on any atom is -0.275 e. The van der Waals surface area contributed by atoms with Gasteiger partial charge in [-0.1, -0.05) is 0 Å². The zero-order valence-corrected chi connectivity index (χ0v) is 5.46. The molecule has 0 saturated carbocycles. The molecule has 1 fully saturated rings. The van der Waals surface area contributed by atoms with Crippen molar-refractivity contribution >= 4 is 30.1 Å². The van der Waals surface area contributed by atoms with Crippen LogP contribution in [-0.2, 0) is 0 Å². The maximum atomic E-state index is 1.25. The van der Waals surface area contributed by atoms with E-state index in [1.54, 1.807) is 0 Å². The van der Waals surface area contributed by atoms with Gasteiger partial charge in [0.15, 0.2) is 0 Å². The van der Waals surface area contributed by atoms with Crippen molar-refractivity contribution in [3.63, 3.8) is 0 Å². The monoisotopic (exact) mass is 92.0 g/mol. The maximum absolute atomic E-state index is 1.25. The van der Waals surface area contributed by atoms with Crippen molar-refractivity contribution in [2.45, 2.75) is 0 Å². The Morgan fingerprint density at radius 2 is 1.25 bits per heavy atom. The van der Waals surface area contributed by atoms with Gasteiger partial charge in [-0.25, -0.2) is 0 Å². The topological polar surface area (TPSA) is 0 Å². The molecule has 1 saturated heterocycles. The second-order valence-corrected chi connectivity index (χ2v) is 9.46. The molecule has 1 aliphatic heterocycles. The average Bonchev–Trinajstić information content (AvgIpc) is 0.722. The lowest BCUT2D eigenvalue weighted by molar-refractivity contribution is 4.25. The van der Waals surface area contributed by atoms with Crippen LogP contribution in [0.4, 0.5) is 0 Å². The third kappa shape index (κ3) is 0.475. The van der Waals surface area contributed by atoms with E-state index in [1.807, 2.05) is 0 Å². The van der Waals surface area contributed by atoms with E-state index in [0.29, 0.717) is 0 Å². The Labute approximate surface area is 31.0 Å². The Morgan fingerprint density at radius 3 is 1.25 bits per heavy atom. The minimum atomic E-state index is 0.917. The fourth-order valence-electron chi connectivity index (χ4n) is 0.333. The Morgan fingerprint density at radius 1 is 1.00 bits per heavy atom. The smallest absolute Gasteiger partial charge is 0.211 e. The van der Waals surface area contributed by atoms with Crippen molar-refractivity contribution in [2.24, 2.45) is 0 Å². The molecule has 0 aromatic carbocycles. The molecule has 0 unspecified atom stereocenters. The quantitative estimate of drug-likeness (QED) is 0.260. The van der Waals surface area contributed by atoms with Crippen molar-refractivity contribution in [3.05, 3.63) is 0 Å². The fourth-order valence-corrected chi connectivity index (χ4v) is 3.00. The summed E-state index contributed by atoms with van der Waals surface area (Å²) in [5, 5.41) is 0. The Kier molecular flexibility index (Phi) is 1.14. The molecule has 1 aliphatic rings. The van der Waals surface area contributed by atoms with Crippen molar-refractivity contribution in [3.8, 4) is 0 Å². The molecule has 1 rings (SSSR count). The largest absolute Gasteiger partial charge is 0.275 e. The molecule has 4 heavy (non-hydrogen) atoms. The third-order valence-corrected chi connectivity index (χ3v) is 12.0. The molecule has 0 amide bonds. The molecule has 0 N–H and O–H groups in total. The van der Waals surface area contributed by atoms with E-state index in [4.69, 9.17) is 0 Å². The standard InChI is InChI=1S/B2H8P2/c1-3-2-4-1/h1-4H2. The van der Waals surface area contributed by atoms with E-state index in [9.17, 15) is 0 Å². The van der Waals surface area contributed by atoms with E-state index in [1.165, 1.54) is 16.7 Å². The number of rotatable bonds is 0. The van der Waals surface area contributed by atoms with E-state index < -0.39 is 0 Å². The number of hydrogen-bond donors (Lipinski definition) is 0. The predicted molar refractivity (Wildman–Crippen MR) is 36.5 cm³/mol. The highest BCUT2D eigenvalue weighted by molar-refractivity contribution is 8.42. The molecule has 0 nitrogen and oxygen atoms in total. The molecule has 1 heterocycles. The van der Waals surface area contributed by atoms with Gasteiger partial charge in [-0.3, -0.25) is 16.7 Å². The van der Waals surface area contributed by atoms with E-state index in [-0.39, 0.29) is 0 Å². The molecule has 0 atom stereocenters. The van der Waals surface area contributed by atoms with Gasteiger partial charge >= 0.3 is 0 Å². The van der Waals surface area contributed by atoms with Gasteiger partial charge in [-0.15, -0.1) is 0 Å². The van der Waals surface area contributed by atoms with Crippen molar-refractivity contribution in [1.82, 2.24) is 0 Å². The van der Waals surface area contributed by atoms with Gasteiger partial charge in [0.05, 0.1) is 0 Å². The van der Waals surface area contributed by atoms with E-state index >= 15 is 0 Å². The normalized spacial score (nSPS) is 36.0. The zero-order valence-electron chi connectivity index (χ0n) is 3.15. The van der Waals surface area contributed by atoms with Crippen LogP contribution in [0.1, 0.15) is 0 Å². The van der Waals surface area contributed by atoms with E-state index in [2.05, 4.69) is 0 Å². The highest BCUT2D eigenvalue weighted by Gasteiger charge is 1.98. The second kappa shape index (κ2) is 1.43. The highest BCUT2D eigenvalue weighted by Crippen LogP contribution is 2.34. The first kappa shape index (κ1) is 3.19. The zero-order chi connectivity index (χ0) is 2.83. The molecule has 0 aliphatic carbocycles. The predicted octanol–water partition coefficient (Wildman–Crippen LogP) is -1.18. The van der Waals surface area contributed by atoms with Gasteiger partial charge in [0, 0.05) is 0 Å². The molecule has 4 heteroatoms. The summed E-state index contributed by atoms with van der Waals surface area (Å²) in [6, 6.07) is 0. The van der Waals surface area contributed by atoms with Crippen molar-refractivity contribution < 1.29 is 0 Å². The van der Waals surface area contributed by atoms with Crippen LogP contribution in [0.25, 0.3) is 0 Å². The molecule has 0 aromatic rings. The molecular formula is H8B2P2. The van der Waals surface area contributed by atoms with E-state index in [0.717, 1.165) is 13.4 Å². The first-order valence-electron chi connectivity index (χ1n) is 2.31. The highest BCUT2D eigenvalue weighted by atomic mass is 31.2. The second-order valence-electron chi connectivity index (χ2n) is 1.82. The van der Waals surface area contributed by atoms with Crippen LogP contribution in [0.2, 0.25) is 0 Å². The van der Waals surface area contributed by atoms with Crippen LogP contribution in [0.15, 0.2) is 0 Å². The Bertz CT molecular complexity index is 12.0. The molecule has 0 radical (unpaired) electrons. The SMILES string of the molecule is [BH2-]1[PH2+][BH2-][PH2+]1. The minimum absolute atomic E-state index is 0.917. The third-order valence-electron chi connectivity index (χ3n) is 1.33. The molecular weight excluding hydrogens is 83.6 g/mol. The summed E-state index contributed by atoms with van der Waals surface area (Å²) in [5.74, 6) is 0. The Balaban J connectivity index is 2.00. The number of hydrogen-bond acceptors (Lipinski definition) is 0. The first-order chi connectivity index (χ1) is 2.00. The van der Waals surface area contributed by atoms with Crippen LogP contribution >= 0.6 is 16.7 Å². The summed E-state index contributed by atoms with van der Waals surface area (Å²) < 4.78 is 0. The van der Waals surface area contributed by atoms with Crippen LogP contribution < -0.4 is 0 Å². The van der Waals surface area contributed by atoms with Crippen molar-refractivity contribution in [1.29, 1.82) is 0 Å². The lowest BCUT2D eigenvalue weighted by atomic mass is 10.6. The van der Waals surface area contributed by atoms with Crippen LogP contribution in [0, 0.1) is 0 Å². The Hall–Kier alpha value is 0.990. The lowest BCUT2D eigenvalue weighted by Gasteiger charge is -2.05. The van der Waals surface area contributed by atoms with Crippen LogP contribution in [0.5, 0.6) is 0 Å².